The number of nitrogens with zero attached hydrogens (tertiary/aromatic N) is 1. The van der Waals surface area contributed by atoms with Crippen LogP contribution in [0.15, 0.2) is 16.6 Å². The first-order chi connectivity index (χ1) is 7.10. The zero-order valence-corrected chi connectivity index (χ0v) is 9.47. The lowest BCUT2D eigenvalue weighted by Crippen LogP contribution is -2.08. The van der Waals surface area contributed by atoms with E-state index in [0.29, 0.717) is 10.0 Å². The highest BCUT2D eigenvalue weighted by Gasteiger charge is 2.18. The zero-order valence-electron chi connectivity index (χ0n) is 7.88. The number of halogens is 2. The fraction of sp³-hybridized carbons (Fsp3) is 0.200. The lowest BCUT2D eigenvalue weighted by molar-refractivity contribution is 0.0594. The van der Waals surface area contributed by atoms with Crippen molar-refractivity contribution in [3.8, 4) is 6.07 Å². The van der Waals surface area contributed by atoms with Gasteiger partial charge < -0.3 is 4.74 Å². The number of hydrogen-bond acceptors (Lipinski definition) is 3. The molecule has 0 N–H and O–H groups in total. The Hall–Kier alpha value is -1.41. The van der Waals surface area contributed by atoms with Gasteiger partial charge in [-0.15, -0.1) is 0 Å². The van der Waals surface area contributed by atoms with Crippen molar-refractivity contribution in [1.29, 1.82) is 5.26 Å². The van der Waals surface area contributed by atoms with Gasteiger partial charge >= 0.3 is 5.97 Å². The summed E-state index contributed by atoms with van der Waals surface area (Å²) < 4.78 is 18.4. The van der Waals surface area contributed by atoms with E-state index in [1.807, 2.05) is 6.07 Å². The van der Waals surface area contributed by atoms with Crippen molar-refractivity contribution < 1.29 is 13.9 Å². The average Bonchev–Trinajstić information content (AvgIpc) is 2.16. The summed E-state index contributed by atoms with van der Waals surface area (Å²) in [5.74, 6) is -1.47. The fourth-order valence-electron chi connectivity index (χ4n) is 1.18. The molecule has 0 amide bonds. The Labute approximate surface area is 94.6 Å². The van der Waals surface area contributed by atoms with Crippen molar-refractivity contribution in [3.63, 3.8) is 0 Å². The largest absolute Gasteiger partial charge is 0.465 e. The molecule has 0 radical (unpaired) electrons. The minimum atomic E-state index is -0.773. The lowest BCUT2D eigenvalue weighted by atomic mass is 10.0. The summed E-state index contributed by atoms with van der Waals surface area (Å²) in [7, 11) is 1.17. The van der Waals surface area contributed by atoms with Crippen LogP contribution in [0, 0.1) is 17.1 Å². The van der Waals surface area contributed by atoms with Gasteiger partial charge in [0.05, 0.1) is 25.2 Å². The summed E-state index contributed by atoms with van der Waals surface area (Å²) >= 11 is 3.09. The molecule has 0 aromatic heterocycles. The van der Waals surface area contributed by atoms with Crippen LogP contribution < -0.4 is 0 Å². The molecule has 15 heavy (non-hydrogen) atoms. The molecule has 0 bridgehead atoms. The molecule has 0 aliphatic carbocycles. The van der Waals surface area contributed by atoms with E-state index in [4.69, 9.17) is 5.26 Å². The highest BCUT2D eigenvalue weighted by molar-refractivity contribution is 9.10. The molecule has 1 rings (SSSR count). The van der Waals surface area contributed by atoms with E-state index in [9.17, 15) is 9.18 Å². The molecule has 0 heterocycles. The van der Waals surface area contributed by atoms with Gasteiger partial charge in [-0.25, -0.2) is 9.18 Å². The summed E-state index contributed by atoms with van der Waals surface area (Å²) in [5, 5.41) is 8.54. The summed E-state index contributed by atoms with van der Waals surface area (Å²) in [6.45, 7) is 0. The zero-order chi connectivity index (χ0) is 11.4. The van der Waals surface area contributed by atoms with Crippen LogP contribution in [0.5, 0.6) is 0 Å². The molecule has 78 valence electrons. The smallest absolute Gasteiger partial charge is 0.341 e. The third-order valence-corrected chi connectivity index (χ3v) is 2.25. The molecule has 0 spiro atoms. The minimum Gasteiger partial charge on any atom is -0.465 e. The first kappa shape index (κ1) is 11.7. The van der Waals surface area contributed by atoms with E-state index in [2.05, 4.69) is 20.7 Å². The molecule has 0 aliphatic rings. The Bertz CT molecular complexity index is 440. The summed E-state index contributed by atoms with van der Waals surface area (Å²) in [6, 6.07) is 4.55. The van der Waals surface area contributed by atoms with Crippen LogP contribution in [0.25, 0.3) is 0 Å². The number of hydrogen-bond donors (Lipinski definition) is 0. The van der Waals surface area contributed by atoms with E-state index in [1.165, 1.54) is 13.2 Å². The first-order valence-corrected chi connectivity index (χ1v) is 4.82. The number of nitriles is 1. The number of carbonyl (C=O) groups is 1. The minimum absolute atomic E-state index is 0.0409. The van der Waals surface area contributed by atoms with Gasteiger partial charge in [-0.1, -0.05) is 15.9 Å². The molecule has 0 atom stereocenters. The fourth-order valence-corrected chi connectivity index (χ4v) is 1.66. The Kier molecular flexibility index (Phi) is 3.81. The Morgan fingerprint density at radius 3 is 2.87 bits per heavy atom. The Balaban J connectivity index is 3.34. The van der Waals surface area contributed by atoms with Crippen LogP contribution in [0.3, 0.4) is 0 Å². The quantitative estimate of drug-likeness (QED) is 0.777. The number of methoxy groups -OCH3 is 1. The predicted molar refractivity (Wildman–Crippen MR) is 54.8 cm³/mol. The van der Waals surface area contributed by atoms with Crippen molar-refractivity contribution in [1.82, 2.24) is 0 Å². The van der Waals surface area contributed by atoms with Crippen LogP contribution in [-0.2, 0) is 11.2 Å². The molecule has 0 aliphatic heterocycles. The Morgan fingerprint density at radius 1 is 1.67 bits per heavy atom. The number of benzene rings is 1. The van der Waals surface area contributed by atoms with Crippen molar-refractivity contribution in [2.45, 2.75) is 6.42 Å². The van der Waals surface area contributed by atoms with Crippen LogP contribution in [0.1, 0.15) is 15.9 Å². The van der Waals surface area contributed by atoms with Crippen LogP contribution in [0.2, 0.25) is 0 Å². The molecular weight excluding hydrogens is 265 g/mol. The third-order valence-electron chi connectivity index (χ3n) is 1.80. The van der Waals surface area contributed by atoms with Gasteiger partial charge in [0.1, 0.15) is 5.82 Å². The van der Waals surface area contributed by atoms with Gasteiger partial charge in [-0.05, 0) is 17.7 Å². The van der Waals surface area contributed by atoms with E-state index in [0.717, 1.165) is 6.07 Å². The van der Waals surface area contributed by atoms with Gasteiger partial charge in [0, 0.05) is 4.47 Å². The van der Waals surface area contributed by atoms with Crippen LogP contribution in [-0.4, -0.2) is 13.1 Å². The number of rotatable bonds is 2. The van der Waals surface area contributed by atoms with Gasteiger partial charge in [0.25, 0.3) is 0 Å². The van der Waals surface area contributed by atoms with Crippen molar-refractivity contribution in [3.05, 3.63) is 33.5 Å². The van der Waals surface area contributed by atoms with Crippen LogP contribution >= 0.6 is 15.9 Å². The van der Waals surface area contributed by atoms with Gasteiger partial charge in [0.2, 0.25) is 0 Å². The number of carbonyl (C=O) groups excluding carboxylic acids is 1. The standard InChI is InChI=1S/C10H7BrFNO2/c1-15-10(14)9-6(2-3-13)4-7(11)5-8(9)12/h4-5H,2H2,1H3. The maximum atomic E-state index is 13.4. The predicted octanol–water partition coefficient (Wildman–Crippen LogP) is 2.44. The number of ether oxygens (including phenoxy) is 1. The van der Waals surface area contributed by atoms with Gasteiger partial charge in [-0.3, -0.25) is 0 Å². The second-order valence-electron chi connectivity index (χ2n) is 2.75. The van der Waals surface area contributed by atoms with Crippen LogP contribution in [0.4, 0.5) is 4.39 Å². The maximum absolute atomic E-state index is 13.4. The van der Waals surface area contributed by atoms with E-state index < -0.39 is 11.8 Å². The highest BCUT2D eigenvalue weighted by Crippen LogP contribution is 2.21. The highest BCUT2D eigenvalue weighted by atomic mass is 79.9. The molecule has 5 heteroatoms. The molecular formula is C10H7BrFNO2. The number of esters is 1. The summed E-state index contributed by atoms with van der Waals surface area (Å²) in [6.07, 6.45) is -0.0409. The van der Waals surface area contributed by atoms with E-state index in [1.54, 1.807) is 0 Å². The third kappa shape index (κ3) is 2.54. The molecule has 0 fully saturated rings. The normalized spacial score (nSPS) is 9.47. The van der Waals surface area contributed by atoms with Gasteiger partial charge in [0.15, 0.2) is 0 Å². The second kappa shape index (κ2) is 4.89. The molecule has 1 aromatic carbocycles. The SMILES string of the molecule is COC(=O)c1c(F)cc(Br)cc1CC#N. The molecule has 1 aromatic rings. The molecule has 0 unspecified atom stereocenters. The monoisotopic (exact) mass is 271 g/mol. The van der Waals surface area contributed by atoms with Crippen molar-refractivity contribution in [2.24, 2.45) is 0 Å². The van der Waals surface area contributed by atoms with Gasteiger partial charge in [-0.2, -0.15) is 5.26 Å². The average molecular weight is 272 g/mol. The summed E-state index contributed by atoms with van der Waals surface area (Å²) in [5.41, 5.74) is 0.137. The molecule has 0 saturated heterocycles. The second-order valence-corrected chi connectivity index (χ2v) is 3.66. The maximum Gasteiger partial charge on any atom is 0.341 e. The topological polar surface area (TPSA) is 50.1 Å². The molecule has 3 nitrogen and oxygen atoms in total. The lowest BCUT2D eigenvalue weighted by Gasteiger charge is -2.06. The van der Waals surface area contributed by atoms with E-state index >= 15 is 0 Å². The summed E-state index contributed by atoms with van der Waals surface area (Å²) in [4.78, 5) is 11.3. The first-order valence-electron chi connectivity index (χ1n) is 4.03. The Morgan fingerprint density at radius 2 is 2.33 bits per heavy atom. The molecule has 0 saturated carbocycles. The van der Waals surface area contributed by atoms with Crippen molar-refractivity contribution >= 4 is 21.9 Å². The van der Waals surface area contributed by atoms with Crippen molar-refractivity contribution in [2.75, 3.05) is 7.11 Å². The van der Waals surface area contributed by atoms with E-state index in [-0.39, 0.29) is 12.0 Å².